The van der Waals surface area contributed by atoms with Gasteiger partial charge in [0.2, 0.25) is 11.6 Å². The van der Waals surface area contributed by atoms with Crippen molar-refractivity contribution in [2.24, 2.45) is 0 Å². The zero-order valence-corrected chi connectivity index (χ0v) is 20.2. The van der Waals surface area contributed by atoms with Crippen molar-refractivity contribution in [3.8, 4) is 34.5 Å². The van der Waals surface area contributed by atoms with Crippen LogP contribution in [0.25, 0.3) is 22.6 Å². The van der Waals surface area contributed by atoms with Gasteiger partial charge in [-0.25, -0.2) is 4.98 Å². The SMILES string of the molecule is CCCCOc1cccc(C(=O)Nc2ccc3oc(-c4cc(OC)c(OC)c(OC)c4)nc3c2)c1. The molecule has 35 heavy (non-hydrogen) atoms. The van der Waals surface area contributed by atoms with Crippen molar-refractivity contribution >= 4 is 22.7 Å². The van der Waals surface area contributed by atoms with E-state index in [1.54, 1.807) is 69.9 Å². The smallest absolute Gasteiger partial charge is 0.255 e. The van der Waals surface area contributed by atoms with Crippen LogP contribution in [0.3, 0.4) is 0 Å². The number of oxazole rings is 1. The molecule has 0 saturated carbocycles. The van der Waals surface area contributed by atoms with E-state index in [4.69, 9.17) is 23.4 Å². The first-order valence-electron chi connectivity index (χ1n) is 11.3. The lowest BCUT2D eigenvalue weighted by atomic mass is 10.2. The van der Waals surface area contributed by atoms with Crippen molar-refractivity contribution in [1.29, 1.82) is 0 Å². The first-order chi connectivity index (χ1) is 17.1. The van der Waals surface area contributed by atoms with E-state index in [1.807, 2.05) is 6.07 Å². The topological polar surface area (TPSA) is 92.1 Å². The minimum absolute atomic E-state index is 0.237. The Balaban J connectivity index is 1.56. The van der Waals surface area contributed by atoms with Gasteiger partial charge in [-0.3, -0.25) is 4.79 Å². The number of amides is 1. The molecule has 0 unspecified atom stereocenters. The Kier molecular flexibility index (Phi) is 7.40. The quantitative estimate of drug-likeness (QED) is 0.283. The second-order valence-corrected chi connectivity index (χ2v) is 7.80. The summed E-state index contributed by atoms with van der Waals surface area (Å²) in [5.74, 6) is 2.31. The van der Waals surface area contributed by atoms with E-state index in [9.17, 15) is 4.79 Å². The summed E-state index contributed by atoms with van der Waals surface area (Å²) in [6, 6.07) is 16.0. The second kappa shape index (κ2) is 10.8. The summed E-state index contributed by atoms with van der Waals surface area (Å²) in [5.41, 5.74) is 2.96. The summed E-state index contributed by atoms with van der Waals surface area (Å²) in [7, 11) is 4.65. The highest BCUT2D eigenvalue weighted by molar-refractivity contribution is 6.05. The van der Waals surface area contributed by atoms with Gasteiger partial charge in [-0.15, -0.1) is 0 Å². The maximum absolute atomic E-state index is 12.8. The van der Waals surface area contributed by atoms with E-state index in [0.717, 1.165) is 12.8 Å². The Morgan fingerprint density at radius 2 is 1.74 bits per heavy atom. The molecule has 0 radical (unpaired) electrons. The molecule has 1 N–H and O–H groups in total. The number of rotatable bonds is 10. The predicted octanol–water partition coefficient (Wildman–Crippen LogP) is 5.95. The van der Waals surface area contributed by atoms with Gasteiger partial charge in [-0.1, -0.05) is 19.4 Å². The maximum Gasteiger partial charge on any atom is 0.255 e. The number of carbonyl (C=O) groups is 1. The van der Waals surface area contributed by atoms with Gasteiger partial charge < -0.3 is 28.7 Å². The van der Waals surface area contributed by atoms with Crippen molar-refractivity contribution in [1.82, 2.24) is 4.98 Å². The number of hydrogen-bond donors (Lipinski definition) is 1. The normalized spacial score (nSPS) is 10.7. The van der Waals surface area contributed by atoms with Gasteiger partial charge in [0.25, 0.3) is 5.91 Å². The number of nitrogens with one attached hydrogen (secondary N) is 1. The largest absolute Gasteiger partial charge is 0.494 e. The molecular weight excluding hydrogens is 448 g/mol. The number of fused-ring (bicyclic) bond motifs is 1. The van der Waals surface area contributed by atoms with Crippen LogP contribution in [0, 0.1) is 0 Å². The van der Waals surface area contributed by atoms with Crippen LogP contribution in [0.2, 0.25) is 0 Å². The van der Waals surface area contributed by atoms with Gasteiger partial charge in [0.05, 0.1) is 27.9 Å². The van der Waals surface area contributed by atoms with Gasteiger partial charge >= 0.3 is 0 Å². The number of aromatic nitrogens is 1. The Morgan fingerprint density at radius 1 is 0.971 bits per heavy atom. The number of methoxy groups -OCH3 is 3. The van der Waals surface area contributed by atoms with Gasteiger partial charge in [-0.05, 0) is 55.0 Å². The highest BCUT2D eigenvalue weighted by Gasteiger charge is 2.18. The van der Waals surface area contributed by atoms with Crippen LogP contribution in [0.1, 0.15) is 30.1 Å². The van der Waals surface area contributed by atoms with Crippen LogP contribution in [-0.4, -0.2) is 38.8 Å². The number of hydrogen-bond acceptors (Lipinski definition) is 7. The number of benzene rings is 3. The molecule has 3 aromatic carbocycles. The molecular formula is C27H28N2O6. The molecule has 0 atom stereocenters. The fourth-order valence-electron chi connectivity index (χ4n) is 3.60. The van der Waals surface area contributed by atoms with Crippen molar-refractivity contribution in [3.05, 3.63) is 60.2 Å². The van der Waals surface area contributed by atoms with Crippen LogP contribution < -0.4 is 24.3 Å². The predicted molar refractivity (Wildman–Crippen MR) is 134 cm³/mol. The van der Waals surface area contributed by atoms with E-state index < -0.39 is 0 Å². The molecule has 1 heterocycles. The first-order valence-corrected chi connectivity index (χ1v) is 11.3. The van der Waals surface area contributed by atoms with E-state index in [1.165, 1.54) is 0 Å². The van der Waals surface area contributed by atoms with Crippen LogP contribution in [0.15, 0.2) is 59.0 Å². The van der Waals surface area contributed by atoms with Gasteiger partial charge in [-0.2, -0.15) is 0 Å². The van der Waals surface area contributed by atoms with E-state index in [-0.39, 0.29) is 5.91 Å². The summed E-state index contributed by atoms with van der Waals surface area (Å²) in [6.45, 7) is 2.73. The zero-order valence-electron chi connectivity index (χ0n) is 20.2. The summed E-state index contributed by atoms with van der Waals surface area (Å²) in [6.07, 6.45) is 2.01. The van der Waals surface area contributed by atoms with Crippen LogP contribution >= 0.6 is 0 Å². The molecule has 4 aromatic rings. The van der Waals surface area contributed by atoms with Crippen LogP contribution in [0.4, 0.5) is 5.69 Å². The average molecular weight is 477 g/mol. The number of unbranched alkanes of at least 4 members (excludes halogenated alkanes) is 1. The molecule has 0 fully saturated rings. The van der Waals surface area contributed by atoms with E-state index in [2.05, 4.69) is 17.2 Å². The van der Waals surface area contributed by atoms with Crippen molar-refractivity contribution in [2.75, 3.05) is 33.3 Å². The minimum Gasteiger partial charge on any atom is -0.494 e. The van der Waals surface area contributed by atoms with Gasteiger partial charge in [0, 0.05) is 16.8 Å². The zero-order chi connectivity index (χ0) is 24.8. The van der Waals surface area contributed by atoms with Crippen LogP contribution in [0.5, 0.6) is 23.0 Å². The molecule has 0 aliphatic rings. The molecule has 0 saturated heterocycles. The third-order valence-corrected chi connectivity index (χ3v) is 5.42. The molecule has 1 amide bonds. The minimum atomic E-state index is -0.237. The van der Waals surface area contributed by atoms with Crippen molar-refractivity contribution < 1.29 is 28.2 Å². The molecule has 4 rings (SSSR count). The van der Waals surface area contributed by atoms with Crippen molar-refractivity contribution in [3.63, 3.8) is 0 Å². The Labute approximate surface area is 203 Å². The molecule has 0 aliphatic carbocycles. The Morgan fingerprint density at radius 3 is 2.43 bits per heavy atom. The second-order valence-electron chi connectivity index (χ2n) is 7.80. The number of ether oxygens (including phenoxy) is 4. The summed E-state index contributed by atoms with van der Waals surface area (Å²) < 4.78 is 27.9. The third-order valence-electron chi connectivity index (χ3n) is 5.42. The molecule has 8 heteroatoms. The maximum atomic E-state index is 12.8. The molecule has 0 bridgehead atoms. The molecule has 182 valence electrons. The monoisotopic (exact) mass is 476 g/mol. The van der Waals surface area contributed by atoms with E-state index in [0.29, 0.717) is 63.4 Å². The number of carbonyl (C=O) groups excluding carboxylic acids is 1. The molecule has 8 nitrogen and oxygen atoms in total. The Bertz CT molecular complexity index is 1310. The first kappa shape index (κ1) is 23.9. The highest BCUT2D eigenvalue weighted by Crippen LogP contribution is 2.41. The third kappa shape index (κ3) is 5.32. The highest BCUT2D eigenvalue weighted by atomic mass is 16.5. The van der Waals surface area contributed by atoms with Crippen LogP contribution in [-0.2, 0) is 0 Å². The van der Waals surface area contributed by atoms with Gasteiger partial charge in [0.1, 0.15) is 11.3 Å². The number of nitrogens with zero attached hydrogens (tertiary/aromatic N) is 1. The summed E-state index contributed by atoms with van der Waals surface area (Å²) in [4.78, 5) is 17.4. The lowest BCUT2D eigenvalue weighted by Crippen LogP contribution is -2.12. The Hall–Kier alpha value is -4.20. The van der Waals surface area contributed by atoms with Gasteiger partial charge in [0.15, 0.2) is 17.1 Å². The van der Waals surface area contributed by atoms with E-state index >= 15 is 0 Å². The summed E-state index contributed by atoms with van der Waals surface area (Å²) in [5, 5.41) is 2.91. The standard InChI is InChI=1S/C27H28N2O6/c1-5-6-12-34-20-9-7-8-17(13-20)26(30)28-19-10-11-22-21(16-19)29-27(35-22)18-14-23(31-2)25(33-4)24(15-18)32-3/h7-11,13-16H,5-6,12H2,1-4H3,(H,28,30). The summed E-state index contributed by atoms with van der Waals surface area (Å²) >= 11 is 0. The fourth-order valence-corrected chi connectivity index (χ4v) is 3.60. The molecule has 0 aliphatic heterocycles. The lowest BCUT2D eigenvalue weighted by molar-refractivity contribution is 0.102. The number of anilines is 1. The van der Waals surface area contributed by atoms with Crippen molar-refractivity contribution in [2.45, 2.75) is 19.8 Å². The average Bonchev–Trinajstić information content (AvgIpc) is 3.31. The molecule has 0 spiro atoms. The lowest BCUT2D eigenvalue weighted by Gasteiger charge is -2.12. The fraction of sp³-hybridized carbons (Fsp3) is 0.259. The molecule has 1 aromatic heterocycles.